The number of fused-ring (bicyclic) bond motifs is 4. The molecule has 3 fully saturated rings. The van der Waals surface area contributed by atoms with Gasteiger partial charge in [0.25, 0.3) is 5.56 Å². The summed E-state index contributed by atoms with van der Waals surface area (Å²) in [5.41, 5.74) is 3.83. The van der Waals surface area contributed by atoms with Crippen molar-refractivity contribution in [3.05, 3.63) is 92.3 Å². The molecule has 3 saturated heterocycles. The van der Waals surface area contributed by atoms with Gasteiger partial charge in [0, 0.05) is 49.8 Å². The average Bonchev–Trinajstić information content (AvgIpc) is 3.67. The molecule has 3 aliphatic heterocycles. The molecule has 43 heavy (non-hydrogen) atoms. The zero-order chi connectivity index (χ0) is 29.8. The van der Waals surface area contributed by atoms with Crippen LogP contribution in [0.15, 0.2) is 64.3 Å². The molecule has 3 N–H and O–H groups in total. The quantitative estimate of drug-likeness (QED) is 0.396. The molecule has 0 bridgehead atoms. The van der Waals surface area contributed by atoms with Crippen LogP contribution in [-0.2, 0) is 14.2 Å². The number of piperazine rings is 1. The molecule has 4 heterocycles. The van der Waals surface area contributed by atoms with Gasteiger partial charge in [0.2, 0.25) is 0 Å². The number of aliphatic hydroxyl groups excluding tert-OH is 2. The van der Waals surface area contributed by atoms with Gasteiger partial charge in [0.15, 0.2) is 6.23 Å². The molecule has 1 aromatic heterocycles. The summed E-state index contributed by atoms with van der Waals surface area (Å²) in [6.07, 6.45) is -3.08. The van der Waals surface area contributed by atoms with Crippen molar-refractivity contribution in [1.29, 1.82) is 0 Å². The highest BCUT2D eigenvalue weighted by Gasteiger charge is 2.58. The highest BCUT2D eigenvalue weighted by molar-refractivity contribution is 5.79. The molecule has 1 amide bonds. The Morgan fingerprint density at radius 1 is 0.977 bits per heavy atom. The number of hydrogen-bond donors (Lipinski definition) is 3. The van der Waals surface area contributed by atoms with Crippen LogP contribution in [0.5, 0.6) is 0 Å². The second kappa shape index (κ2) is 11.0. The third-order valence-corrected chi connectivity index (χ3v) is 9.26. The topological polar surface area (TPSA) is 147 Å². The number of nitrogens with zero attached hydrogens (tertiary/aromatic N) is 3. The van der Waals surface area contributed by atoms with Gasteiger partial charge < -0.3 is 29.3 Å². The Balaban J connectivity index is 0.993. The van der Waals surface area contributed by atoms with Gasteiger partial charge in [-0.05, 0) is 29.2 Å². The summed E-state index contributed by atoms with van der Waals surface area (Å²) >= 11 is 0. The number of carbonyl (C=O) groups is 1. The smallest absolute Gasteiger partial charge is 0.409 e. The first-order chi connectivity index (χ1) is 20.9. The van der Waals surface area contributed by atoms with Crippen molar-refractivity contribution in [2.24, 2.45) is 5.92 Å². The Labute approximate surface area is 247 Å². The number of aliphatic hydroxyl groups is 2. The monoisotopic (exact) mass is 590 g/mol. The fourth-order valence-electron chi connectivity index (χ4n) is 7.06. The van der Waals surface area contributed by atoms with E-state index in [1.165, 1.54) is 21.9 Å². The number of rotatable bonds is 5. The van der Waals surface area contributed by atoms with Gasteiger partial charge in [-0.3, -0.25) is 19.2 Å². The first-order valence-electron chi connectivity index (χ1n) is 14.6. The van der Waals surface area contributed by atoms with Crippen LogP contribution in [0.25, 0.3) is 11.1 Å². The molecule has 6 atom stereocenters. The number of aromatic nitrogens is 2. The summed E-state index contributed by atoms with van der Waals surface area (Å²) in [5, 5.41) is 21.3. The summed E-state index contributed by atoms with van der Waals surface area (Å²) in [4.78, 5) is 43.4. The molecule has 4 aliphatic rings. The molecular weight excluding hydrogens is 556 g/mol. The average molecular weight is 591 g/mol. The number of amides is 1. The van der Waals surface area contributed by atoms with Crippen LogP contribution < -0.4 is 11.2 Å². The van der Waals surface area contributed by atoms with Gasteiger partial charge in [-0.15, -0.1) is 0 Å². The summed E-state index contributed by atoms with van der Waals surface area (Å²) in [6, 6.07) is 16.4. The van der Waals surface area contributed by atoms with Crippen LogP contribution in [0.3, 0.4) is 0 Å². The Hall–Kier alpha value is -3.81. The van der Waals surface area contributed by atoms with Gasteiger partial charge in [-0.2, -0.15) is 0 Å². The minimum absolute atomic E-state index is 0.0209. The van der Waals surface area contributed by atoms with Gasteiger partial charge in [-0.25, -0.2) is 9.59 Å². The summed E-state index contributed by atoms with van der Waals surface area (Å²) in [7, 11) is 0. The van der Waals surface area contributed by atoms with Crippen LogP contribution in [0.4, 0.5) is 4.79 Å². The fourth-order valence-corrected chi connectivity index (χ4v) is 7.06. The van der Waals surface area contributed by atoms with Crippen molar-refractivity contribution < 1.29 is 29.2 Å². The van der Waals surface area contributed by atoms with E-state index in [4.69, 9.17) is 14.2 Å². The third-order valence-electron chi connectivity index (χ3n) is 9.26. The number of nitrogens with one attached hydrogen (secondary N) is 1. The van der Waals surface area contributed by atoms with E-state index < -0.39 is 47.9 Å². The number of carbonyl (C=O) groups excluding carboxylic acids is 1. The van der Waals surface area contributed by atoms with E-state index in [1.54, 1.807) is 11.8 Å². The van der Waals surface area contributed by atoms with Crippen LogP contribution >= 0.6 is 0 Å². The first kappa shape index (κ1) is 28.0. The van der Waals surface area contributed by atoms with E-state index in [0.29, 0.717) is 31.7 Å². The maximum Gasteiger partial charge on any atom is 0.409 e. The van der Waals surface area contributed by atoms with Crippen molar-refractivity contribution in [2.75, 3.05) is 39.4 Å². The third kappa shape index (κ3) is 4.70. The van der Waals surface area contributed by atoms with E-state index in [2.05, 4.69) is 29.2 Å². The molecule has 12 heteroatoms. The Bertz CT molecular complexity index is 1600. The zero-order valence-electron chi connectivity index (χ0n) is 23.7. The molecule has 7 rings (SSSR count). The molecule has 3 aromatic rings. The highest BCUT2D eigenvalue weighted by atomic mass is 16.6. The minimum atomic E-state index is -0.993. The van der Waals surface area contributed by atoms with E-state index in [1.807, 2.05) is 29.2 Å². The van der Waals surface area contributed by atoms with Crippen molar-refractivity contribution >= 4 is 6.09 Å². The Morgan fingerprint density at radius 3 is 2.28 bits per heavy atom. The predicted octanol–water partition coefficient (Wildman–Crippen LogP) is 1.00. The molecule has 0 spiro atoms. The van der Waals surface area contributed by atoms with Gasteiger partial charge in [0.1, 0.15) is 25.0 Å². The maximum absolute atomic E-state index is 13.1. The second-order valence-corrected chi connectivity index (χ2v) is 11.6. The SMILES string of the molecule is Cc1cn([C@@H]2O[C@H](CO)C3[C@@H](O)[C@@H](N4CCN(C(=O)OCC5c6ccccc6-c6ccccc65)CC4)O[C@@H]32)c(=O)[nH]c1=O. The molecule has 12 nitrogen and oxygen atoms in total. The molecule has 2 aromatic carbocycles. The van der Waals surface area contributed by atoms with E-state index in [0.717, 1.165) is 11.1 Å². The highest BCUT2D eigenvalue weighted by Crippen LogP contribution is 2.46. The zero-order valence-corrected chi connectivity index (χ0v) is 23.7. The van der Waals surface area contributed by atoms with E-state index in [-0.39, 0.29) is 25.2 Å². The van der Waals surface area contributed by atoms with Crippen LogP contribution in [0, 0.1) is 12.8 Å². The van der Waals surface area contributed by atoms with E-state index in [9.17, 15) is 24.6 Å². The Kier molecular flexibility index (Phi) is 7.18. The van der Waals surface area contributed by atoms with Crippen LogP contribution in [0.2, 0.25) is 0 Å². The van der Waals surface area contributed by atoms with E-state index >= 15 is 0 Å². The Morgan fingerprint density at radius 2 is 1.63 bits per heavy atom. The van der Waals surface area contributed by atoms with Crippen molar-refractivity contribution in [3.8, 4) is 11.1 Å². The normalized spacial score (nSPS) is 28.5. The largest absolute Gasteiger partial charge is 0.448 e. The molecule has 226 valence electrons. The fraction of sp³-hybridized carbons (Fsp3) is 0.452. The number of hydrogen-bond acceptors (Lipinski definition) is 9. The lowest BCUT2D eigenvalue weighted by molar-refractivity contribution is -0.152. The lowest BCUT2D eigenvalue weighted by Crippen LogP contribution is -2.55. The lowest BCUT2D eigenvalue weighted by Gasteiger charge is -2.38. The van der Waals surface area contributed by atoms with Crippen LogP contribution in [0.1, 0.15) is 28.8 Å². The van der Waals surface area contributed by atoms with Crippen molar-refractivity contribution in [2.45, 2.75) is 43.6 Å². The number of aromatic amines is 1. The molecule has 0 saturated carbocycles. The summed E-state index contributed by atoms with van der Waals surface area (Å²) in [5.74, 6) is -0.605. The summed E-state index contributed by atoms with van der Waals surface area (Å²) < 4.78 is 19.3. The second-order valence-electron chi connectivity index (χ2n) is 11.6. The predicted molar refractivity (Wildman–Crippen MR) is 153 cm³/mol. The number of aryl methyl sites for hydroxylation is 1. The van der Waals surface area contributed by atoms with Crippen molar-refractivity contribution in [3.63, 3.8) is 0 Å². The van der Waals surface area contributed by atoms with Crippen LogP contribution in [-0.4, -0.2) is 99.6 Å². The van der Waals surface area contributed by atoms with Gasteiger partial charge in [0.05, 0.1) is 12.7 Å². The maximum atomic E-state index is 13.1. The number of ether oxygens (including phenoxy) is 3. The van der Waals surface area contributed by atoms with Gasteiger partial charge in [-0.1, -0.05) is 48.5 Å². The first-order valence-corrected chi connectivity index (χ1v) is 14.6. The molecule has 1 aliphatic carbocycles. The number of benzene rings is 2. The molecule has 0 radical (unpaired) electrons. The van der Waals surface area contributed by atoms with Gasteiger partial charge >= 0.3 is 11.8 Å². The lowest BCUT2D eigenvalue weighted by atomic mass is 9.93. The van der Waals surface area contributed by atoms with Crippen molar-refractivity contribution in [1.82, 2.24) is 19.4 Å². The molecular formula is C31H34N4O8. The molecule has 1 unspecified atom stereocenters. The summed E-state index contributed by atoms with van der Waals surface area (Å²) in [6.45, 7) is 3.12. The standard InChI is InChI=1S/C31H34N4O8/c1-17-14-35(30(39)32-27(17)38)29-26-24(23(15-36)42-29)25(37)28(43-26)33-10-12-34(13-11-33)31(40)41-16-22-20-8-4-2-6-18(20)19-7-3-5-9-21(19)22/h2-9,14,22-26,28-29,36-37H,10-13,15-16H2,1H3,(H,32,38,39)/t23-,24?,25-,26+,28+,29-/m1/s1. The minimum Gasteiger partial charge on any atom is -0.448 e. The number of H-pyrrole nitrogens is 1.